The Hall–Kier alpha value is -2.28. The average Bonchev–Trinajstić information content (AvgIpc) is 3.28. The molecule has 0 aromatic heterocycles. The lowest BCUT2D eigenvalue weighted by atomic mass is 9.94. The molecule has 142 valence electrons. The van der Waals surface area contributed by atoms with E-state index in [-0.39, 0.29) is 23.8 Å². The first-order chi connectivity index (χ1) is 13.2. The monoisotopic (exact) mass is 368 g/mol. The van der Waals surface area contributed by atoms with E-state index in [0.29, 0.717) is 18.9 Å². The zero-order valence-electron chi connectivity index (χ0n) is 15.2. The number of carbonyl (C=O) groups excluding carboxylic acids is 1. The molecule has 6 heteroatoms. The summed E-state index contributed by atoms with van der Waals surface area (Å²) < 4.78 is 13.2. The number of benzene rings is 2. The summed E-state index contributed by atoms with van der Waals surface area (Å²) >= 11 is 0. The lowest BCUT2D eigenvalue weighted by molar-refractivity contribution is -0.128. The molecule has 0 spiro atoms. The van der Waals surface area contributed by atoms with Crippen LogP contribution in [-0.2, 0) is 11.3 Å². The van der Waals surface area contributed by atoms with Crippen molar-refractivity contribution in [1.29, 1.82) is 0 Å². The molecule has 3 unspecified atom stereocenters. The van der Waals surface area contributed by atoms with Crippen molar-refractivity contribution in [3.05, 3.63) is 71.5 Å². The van der Waals surface area contributed by atoms with Gasteiger partial charge >= 0.3 is 0 Å². The Morgan fingerprint density at radius 3 is 2.67 bits per heavy atom. The average molecular weight is 368 g/mol. The van der Waals surface area contributed by atoms with Crippen LogP contribution in [0.2, 0.25) is 0 Å². The van der Waals surface area contributed by atoms with Crippen molar-refractivity contribution in [2.75, 3.05) is 19.6 Å². The van der Waals surface area contributed by atoms with Gasteiger partial charge in [0.25, 0.3) is 0 Å². The number of amides is 1. The van der Waals surface area contributed by atoms with Crippen LogP contribution in [0.1, 0.15) is 23.6 Å². The summed E-state index contributed by atoms with van der Waals surface area (Å²) in [5.41, 5.74) is 8.71. The summed E-state index contributed by atoms with van der Waals surface area (Å²) in [6.45, 7) is 3.05. The van der Waals surface area contributed by atoms with Crippen LogP contribution in [-0.4, -0.2) is 36.5 Å². The van der Waals surface area contributed by atoms with E-state index in [1.165, 1.54) is 12.1 Å². The minimum Gasteiger partial charge on any atom is -0.337 e. The van der Waals surface area contributed by atoms with Crippen molar-refractivity contribution in [2.24, 2.45) is 5.92 Å². The molecule has 0 saturated carbocycles. The summed E-state index contributed by atoms with van der Waals surface area (Å²) in [6.07, 6.45) is 0.543. The Labute approximate surface area is 158 Å². The van der Waals surface area contributed by atoms with Gasteiger partial charge in [-0.15, -0.1) is 0 Å². The normalized spacial score (nSPS) is 25.3. The number of nitrogens with one attached hydrogen (secondary N) is 3. The van der Waals surface area contributed by atoms with Gasteiger partial charge in [0.05, 0.1) is 6.04 Å². The van der Waals surface area contributed by atoms with E-state index in [2.05, 4.69) is 28.3 Å². The van der Waals surface area contributed by atoms with E-state index in [1.54, 1.807) is 0 Å². The zero-order valence-corrected chi connectivity index (χ0v) is 15.2. The molecule has 2 aliphatic heterocycles. The largest absolute Gasteiger partial charge is 0.337 e. The summed E-state index contributed by atoms with van der Waals surface area (Å²) in [5.74, 6) is 0.324. The Kier molecular flexibility index (Phi) is 5.48. The summed E-state index contributed by atoms with van der Waals surface area (Å²) in [6, 6.07) is 17.1. The molecule has 0 aliphatic carbocycles. The Morgan fingerprint density at radius 1 is 1.11 bits per heavy atom. The number of likely N-dealkylation sites (tertiary alicyclic amines) is 1. The van der Waals surface area contributed by atoms with E-state index in [1.807, 2.05) is 35.2 Å². The molecule has 3 N–H and O–H groups in total. The van der Waals surface area contributed by atoms with E-state index in [0.717, 1.165) is 30.8 Å². The van der Waals surface area contributed by atoms with Gasteiger partial charge in [-0.05, 0) is 23.3 Å². The second-order valence-corrected chi connectivity index (χ2v) is 7.38. The number of hydrogen-bond acceptors (Lipinski definition) is 4. The molecular weight excluding hydrogens is 343 g/mol. The molecule has 2 saturated heterocycles. The molecule has 3 atom stereocenters. The minimum atomic E-state index is -0.220. The highest BCUT2D eigenvalue weighted by atomic mass is 19.1. The first-order valence-corrected chi connectivity index (χ1v) is 9.48. The number of rotatable bonds is 6. The van der Waals surface area contributed by atoms with Gasteiger partial charge in [0.1, 0.15) is 5.82 Å². The SMILES string of the molecule is O=C1CC(NCC2CNNC2c2ccc(F)cc2)CN1Cc1ccccc1. The van der Waals surface area contributed by atoms with Crippen LogP contribution in [0.15, 0.2) is 54.6 Å². The number of nitrogens with zero attached hydrogens (tertiary/aromatic N) is 1. The third-order valence-electron chi connectivity index (χ3n) is 5.42. The van der Waals surface area contributed by atoms with Crippen molar-refractivity contribution in [2.45, 2.75) is 25.0 Å². The van der Waals surface area contributed by atoms with Crippen LogP contribution < -0.4 is 16.2 Å². The van der Waals surface area contributed by atoms with Crippen LogP contribution in [0.3, 0.4) is 0 Å². The molecule has 2 aromatic rings. The van der Waals surface area contributed by atoms with Gasteiger partial charge in [-0.2, -0.15) is 0 Å². The molecule has 2 aliphatic rings. The van der Waals surface area contributed by atoms with Gasteiger partial charge < -0.3 is 10.2 Å². The molecule has 27 heavy (non-hydrogen) atoms. The van der Waals surface area contributed by atoms with Gasteiger partial charge in [-0.1, -0.05) is 42.5 Å². The van der Waals surface area contributed by atoms with E-state index < -0.39 is 0 Å². The van der Waals surface area contributed by atoms with Crippen LogP contribution in [0.4, 0.5) is 4.39 Å². The van der Waals surface area contributed by atoms with Gasteiger partial charge in [-0.3, -0.25) is 10.2 Å². The third kappa shape index (κ3) is 4.35. The van der Waals surface area contributed by atoms with Crippen LogP contribution in [0.5, 0.6) is 0 Å². The first-order valence-electron chi connectivity index (χ1n) is 9.48. The van der Waals surface area contributed by atoms with Crippen molar-refractivity contribution >= 4 is 5.91 Å². The molecule has 2 heterocycles. The number of carbonyl (C=O) groups is 1. The third-order valence-corrected chi connectivity index (χ3v) is 5.42. The molecular formula is C21H25FN4O. The highest BCUT2D eigenvalue weighted by Gasteiger charge is 2.32. The maximum atomic E-state index is 13.2. The lowest BCUT2D eigenvalue weighted by Crippen LogP contribution is -2.37. The van der Waals surface area contributed by atoms with Gasteiger partial charge in [0.2, 0.25) is 5.91 Å². The first kappa shape index (κ1) is 18.1. The van der Waals surface area contributed by atoms with Gasteiger partial charge in [0.15, 0.2) is 0 Å². The fraction of sp³-hybridized carbons (Fsp3) is 0.381. The van der Waals surface area contributed by atoms with Gasteiger partial charge in [-0.25, -0.2) is 9.82 Å². The fourth-order valence-electron chi connectivity index (χ4n) is 3.93. The zero-order chi connectivity index (χ0) is 18.6. The number of hydrazine groups is 1. The topological polar surface area (TPSA) is 56.4 Å². The van der Waals surface area contributed by atoms with Crippen molar-refractivity contribution in [3.63, 3.8) is 0 Å². The smallest absolute Gasteiger partial charge is 0.224 e. The molecule has 2 fully saturated rings. The van der Waals surface area contributed by atoms with Crippen molar-refractivity contribution < 1.29 is 9.18 Å². The van der Waals surface area contributed by atoms with E-state index >= 15 is 0 Å². The minimum absolute atomic E-state index is 0.135. The number of hydrogen-bond donors (Lipinski definition) is 3. The molecule has 4 rings (SSSR count). The summed E-state index contributed by atoms with van der Waals surface area (Å²) in [7, 11) is 0. The quantitative estimate of drug-likeness (QED) is 0.730. The predicted octanol–water partition coefficient (Wildman–Crippen LogP) is 1.98. The maximum Gasteiger partial charge on any atom is 0.224 e. The second kappa shape index (κ2) is 8.17. The lowest BCUT2D eigenvalue weighted by Gasteiger charge is -2.22. The predicted molar refractivity (Wildman–Crippen MR) is 102 cm³/mol. The van der Waals surface area contributed by atoms with Crippen LogP contribution >= 0.6 is 0 Å². The molecule has 5 nitrogen and oxygen atoms in total. The van der Waals surface area contributed by atoms with Crippen LogP contribution in [0.25, 0.3) is 0 Å². The van der Waals surface area contributed by atoms with Gasteiger partial charge in [0, 0.05) is 44.6 Å². The Bertz CT molecular complexity index is 768. The molecule has 2 aromatic carbocycles. The highest BCUT2D eigenvalue weighted by Crippen LogP contribution is 2.25. The molecule has 1 amide bonds. The molecule has 0 radical (unpaired) electrons. The maximum absolute atomic E-state index is 13.2. The molecule has 0 bridgehead atoms. The second-order valence-electron chi connectivity index (χ2n) is 7.38. The summed E-state index contributed by atoms with van der Waals surface area (Å²) in [4.78, 5) is 14.3. The summed E-state index contributed by atoms with van der Waals surface area (Å²) in [5, 5.41) is 3.56. The van der Waals surface area contributed by atoms with Crippen LogP contribution in [0, 0.1) is 11.7 Å². The standard InChI is InChI=1S/C21H25FN4O/c22-18-8-6-16(7-9-18)21-17(12-24-25-21)11-23-19-10-20(27)26(14-19)13-15-4-2-1-3-5-15/h1-9,17,19,21,23-25H,10-14H2. The Morgan fingerprint density at radius 2 is 1.89 bits per heavy atom. The highest BCUT2D eigenvalue weighted by molar-refractivity contribution is 5.79. The van der Waals surface area contributed by atoms with Crippen molar-refractivity contribution in [1.82, 2.24) is 21.1 Å². The van der Waals surface area contributed by atoms with Crippen molar-refractivity contribution in [3.8, 4) is 0 Å². The fourth-order valence-corrected chi connectivity index (χ4v) is 3.93. The number of halogens is 1. The Balaban J connectivity index is 1.31. The van der Waals surface area contributed by atoms with E-state index in [4.69, 9.17) is 0 Å². The van der Waals surface area contributed by atoms with E-state index in [9.17, 15) is 9.18 Å².